The molecule has 0 amide bonds. The molecule has 5 nitrogen and oxygen atoms in total. The fourth-order valence-electron chi connectivity index (χ4n) is 2.10. The van der Waals surface area contributed by atoms with Crippen molar-refractivity contribution in [3.63, 3.8) is 0 Å². The number of esters is 1. The average Bonchev–Trinajstić information content (AvgIpc) is 2.46. The highest BCUT2D eigenvalue weighted by Gasteiger charge is 2.17. The molecule has 0 aliphatic carbocycles. The van der Waals surface area contributed by atoms with Gasteiger partial charge in [0, 0.05) is 18.4 Å². The number of ketones is 1. The molecule has 0 fully saturated rings. The number of benzene rings is 1. The summed E-state index contributed by atoms with van der Waals surface area (Å²) in [5.74, 6) is 0.513. The zero-order valence-electron chi connectivity index (χ0n) is 11.8. The fourth-order valence-corrected chi connectivity index (χ4v) is 2.10. The number of fused-ring (bicyclic) bond motifs is 1. The predicted octanol–water partition coefficient (Wildman–Crippen LogP) is 2.41. The Labute approximate surface area is 118 Å². The van der Waals surface area contributed by atoms with Crippen molar-refractivity contribution in [2.45, 2.75) is 32.3 Å². The van der Waals surface area contributed by atoms with Gasteiger partial charge in [0.2, 0.25) is 0 Å². The summed E-state index contributed by atoms with van der Waals surface area (Å²) in [4.78, 5) is 23.0. The lowest BCUT2D eigenvalue weighted by Gasteiger charge is -2.25. The van der Waals surface area contributed by atoms with Gasteiger partial charge < -0.3 is 14.8 Å². The van der Waals surface area contributed by atoms with Crippen molar-refractivity contribution in [1.82, 2.24) is 0 Å². The fraction of sp³-hybridized carbons (Fsp3) is 0.467. The molecule has 1 unspecified atom stereocenters. The molecular weight excluding hydrogens is 258 g/mol. The largest absolute Gasteiger partial charge is 0.487 e. The van der Waals surface area contributed by atoms with Gasteiger partial charge in [-0.05, 0) is 31.5 Å². The quantitative estimate of drug-likeness (QED) is 0.661. The number of carbonyl (C=O) groups excluding carboxylic acids is 2. The Balaban J connectivity index is 1.95. The van der Waals surface area contributed by atoms with E-state index < -0.39 is 0 Å². The first kappa shape index (κ1) is 14.4. The van der Waals surface area contributed by atoms with Gasteiger partial charge >= 0.3 is 5.97 Å². The Kier molecular flexibility index (Phi) is 4.61. The normalized spacial score (nSPS) is 16.6. The first-order valence-electron chi connectivity index (χ1n) is 6.74. The Hall–Kier alpha value is -2.04. The molecule has 0 saturated carbocycles. The second-order valence-corrected chi connectivity index (χ2v) is 4.87. The molecular formula is C15H19NO4. The molecule has 0 spiro atoms. The molecule has 5 heteroatoms. The second-order valence-electron chi connectivity index (χ2n) is 4.87. The van der Waals surface area contributed by atoms with Crippen molar-refractivity contribution >= 4 is 17.4 Å². The van der Waals surface area contributed by atoms with Gasteiger partial charge in [-0.25, -0.2) is 0 Å². The first-order valence-corrected chi connectivity index (χ1v) is 6.74. The molecule has 0 saturated heterocycles. The number of methoxy groups -OCH3 is 1. The summed E-state index contributed by atoms with van der Waals surface area (Å²) in [6.45, 7) is 2.72. The lowest BCUT2D eigenvalue weighted by Crippen LogP contribution is -2.27. The summed E-state index contributed by atoms with van der Waals surface area (Å²) >= 11 is 0. The highest BCUT2D eigenvalue weighted by molar-refractivity contribution is 5.97. The number of ether oxygens (including phenoxy) is 2. The molecule has 0 aromatic heterocycles. The van der Waals surface area contributed by atoms with Crippen LogP contribution in [0.5, 0.6) is 5.75 Å². The van der Waals surface area contributed by atoms with Crippen molar-refractivity contribution in [3.8, 4) is 5.75 Å². The third kappa shape index (κ3) is 3.50. The van der Waals surface area contributed by atoms with Crippen molar-refractivity contribution in [3.05, 3.63) is 23.8 Å². The maximum atomic E-state index is 12.0. The Morgan fingerprint density at radius 2 is 2.20 bits per heavy atom. The van der Waals surface area contributed by atoms with E-state index in [0.29, 0.717) is 18.4 Å². The standard InChI is InChI=1S/C15H19NO4/c1-10-9-16-12-8-11(6-7-14(12)20-10)13(17)4-3-5-15(18)19-2/h6-8,10,16H,3-5,9H2,1-2H3. The highest BCUT2D eigenvalue weighted by Crippen LogP contribution is 2.30. The van der Waals surface area contributed by atoms with Gasteiger partial charge in [0.05, 0.1) is 19.3 Å². The Morgan fingerprint density at radius 3 is 2.95 bits per heavy atom. The number of hydrogen-bond acceptors (Lipinski definition) is 5. The van der Waals surface area contributed by atoms with Gasteiger partial charge in [0.1, 0.15) is 11.9 Å². The molecule has 1 aromatic rings. The molecule has 1 aromatic carbocycles. The third-order valence-electron chi connectivity index (χ3n) is 3.22. The van der Waals surface area contributed by atoms with Gasteiger partial charge in [0.25, 0.3) is 0 Å². The number of Topliss-reactive ketones (excluding diaryl/α,β-unsaturated/α-hetero) is 1. The molecule has 1 aliphatic heterocycles. The number of nitrogens with one attached hydrogen (secondary N) is 1. The minimum atomic E-state index is -0.285. The van der Waals surface area contributed by atoms with Crippen LogP contribution in [-0.2, 0) is 9.53 Å². The van der Waals surface area contributed by atoms with E-state index in [0.717, 1.165) is 18.0 Å². The van der Waals surface area contributed by atoms with E-state index in [1.54, 1.807) is 6.07 Å². The van der Waals surface area contributed by atoms with Crippen LogP contribution in [0.3, 0.4) is 0 Å². The van der Waals surface area contributed by atoms with Crippen LogP contribution in [-0.4, -0.2) is 31.5 Å². The summed E-state index contributed by atoms with van der Waals surface area (Å²) in [5, 5.41) is 3.24. The zero-order valence-corrected chi connectivity index (χ0v) is 11.8. The van der Waals surface area contributed by atoms with E-state index in [4.69, 9.17) is 4.74 Å². The van der Waals surface area contributed by atoms with Gasteiger partial charge in [-0.3, -0.25) is 9.59 Å². The van der Waals surface area contributed by atoms with E-state index in [9.17, 15) is 9.59 Å². The van der Waals surface area contributed by atoms with Crippen LogP contribution in [0, 0.1) is 0 Å². The van der Waals surface area contributed by atoms with Crippen LogP contribution < -0.4 is 10.1 Å². The molecule has 1 N–H and O–H groups in total. The summed E-state index contributed by atoms with van der Waals surface area (Å²) in [7, 11) is 1.35. The van der Waals surface area contributed by atoms with Gasteiger partial charge in [-0.2, -0.15) is 0 Å². The van der Waals surface area contributed by atoms with Crippen LogP contribution in [0.15, 0.2) is 18.2 Å². The van der Waals surface area contributed by atoms with Crippen molar-refractivity contribution in [1.29, 1.82) is 0 Å². The predicted molar refractivity (Wildman–Crippen MR) is 75.2 cm³/mol. The first-order chi connectivity index (χ1) is 9.60. The molecule has 20 heavy (non-hydrogen) atoms. The van der Waals surface area contributed by atoms with Crippen LogP contribution in [0.1, 0.15) is 36.5 Å². The molecule has 1 atom stereocenters. The SMILES string of the molecule is COC(=O)CCCC(=O)c1ccc2c(c1)NCC(C)O2. The maximum Gasteiger partial charge on any atom is 0.305 e. The lowest BCUT2D eigenvalue weighted by atomic mass is 10.0. The van der Waals surface area contributed by atoms with Crippen LogP contribution in [0.4, 0.5) is 5.69 Å². The van der Waals surface area contributed by atoms with E-state index >= 15 is 0 Å². The molecule has 108 valence electrons. The minimum Gasteiger partial charge on any atom is -0.487 e. The molecule has 0 radical (unpaired) electrons. The molecule has 2 rings (SSSR count). The van der Waals surface area contributed by atoms with Crippen molar-refractivity contribution in [2.24, 2.45) is 0 Å². The Morgan fingerprint density at radius 1 is 1.40 bits per heavy atom. The third-order valence-corrected chi connectivity index (χ3v) is 3.22. The summed E-state index contributed by atoms with van der Waals surface area (Å²) in [6.07, 6.45) is 1.24. The second kappa shape index (κ2) is 6.41. The van der Waals surface area contributed by atoms with Crippen molar-refractivity contribution < 1.29 is 19.1 Å². The lowest BCUT2D eigenvalue weighted by molar-refractivity contribution is -0.140. The molecule has 1 aliphatic rings. The van der Waals surface area contributed by atoms with E-state index in [1.807, 2.05) is 19.1 Å². The van der Waals surface area contributed by atoms with Gasteiger partial charge in [-0.15, -0.1) is 0 Å². The Bertz CT molecular complexity index is 513. The van der Waals surface area contributed by atoms with E-state index in [2.05, 4.69) is 10.1 Å². The summed E-state index contributed by atoms with van der Waals surface area (Å²) < 4.78 is 10.2. The van der Waals surface area contributed by atoms with Crippen LogP contribution in [0.25, 0.3) is 0 Å². The number of rotatable bonds is 5. The number of carbonyl (C=O) groups is 2. The smallest absolute Gasteiger partial charge is 0.305 e. The summed E-state index contributed by atoms with van der Waals surface area (Å²) in [5.41, 5.74) is 1.49. The minimum absolute atomic E-state index is 0.0251. The van der Waals surface area contributed by atoms with Gasteiger partial charge in [0.15, 0.2) is 5.78 Å². The molecule has 1 heterocycles. The van der Waals surface area contributed by atoms with Crippen LogP contribution >= 0.6 is 0 Å². The number of hydrogen-bond donors (Lipinski definition) is 1. The number of anilines is 1. The topological polar surface area (TPSA) is 64.6 Å². The van der Waals surface area contributed by atoms with E-state index in [1.165, 1.54) is 7.11 Å². The van der Waals surface area contributed by atoms with E-state index in [-0.39, 0.29) is 24.3 Å². The summed E-state index contributed by atoms with van der Waals surface area (Å²) in [6, 6.07) is 5.38. The maximum absolute atomic E-state index is 12.0. The molecule has 0 bridgehead atoms. The van der Waals surface area contributed by atoms with Crippen LogP contribution in [0.2, 0.25) is 0 Å². The van der Waals surface area contributed by atoms with Crippen molar-refractivity contribution in [2.75, 3.05) is 19.0 Å². The average molecular weight is 277 g/mol. The van der Waals surface area contributed by atoms with Gasteiger partial charge in [-0.1, -0.05) is 0 Å². The highest BCUT2D eigenvalue weighted by atomic mass is 16.5. The zero-order chi connectivity index (χ0) is 14.5. The monoisotopic (exact) mass is 277 g/mol.